The summed E-state index contributed by atoms with van der Waals surface area (Å²) in [5.41, 5.74) is 0.927. The molecule has 19 heavy (non-hydrogen) atoms. The van der Waals surface area contributed by atoms with E-state index in [1.54, 1.807) is 24.3 Å². The Bertz CT molecular complexity index is 469. The topological polar surface area (TPSA) is 61.4 Å². The zero-order valence-corrected chi connectivity index (χ0v) is 12.6. The highest BCUT2D eigenvalue weighted by atomic mass is 32.2. The molecular weight excluding hydrogens is 262 g/mol. The number of hydrogen-bond donors (Lipinski definition) is 2. The molecule has 0 aliphatic carbocycles. The molecule has 0 fully saturated rings. The third-order valence-corrected chi connectivity index (χ3v) is 4.52. The summed E-state index contributed by atoms with van der Waals surface area (Å²) in [6.45, 7) is 4.86. The van der Waals surface area contributed by atoms with Crippen LogP contribution in [0.2, 0.25) is 0 Å². The molecule has 0 unspecified atom stereocenters. The number of nitrogens with zero attached hydrogens (tertiary/aromatic N) is 1. The van der Waals surface area contributed by atoms with Crippen molar-refractivity contribution in [3.63, 3.8) is 0 Å². The standard InChI is InChI=1S/C13H23N3O2S/c1-4-9-14-10-11-15-12-5-7-13(8-6-12)19(17,18)16(2)3/h5-8,14-15H,4,9-11H2,1-3H3. The molecule has 0 atom stereocenters. The molecule has 0 aromatic heterocycles. The average Bonchev–Trinajstić information content (AvgIpc) is 2.39. The fraction of sp³-hybridized carbons (Fsp3) is 0.538. The quantitative estimate of drug-likeness (QED) is 0.708. The Labute approximate surface area is 116 Å². The van der Waals surface area contributed by atoms with Crippen molar-refractivity contribution >= 4 is 15.7 Å². The number of benzene rings is 1. The minimum atomic E-state index is -3.33. The van der Waals surface area contributed by atoms with Crippen molar-refractivity contribution in [3.05, 3.63) is 24.3 Å². The van der Waals surface area contributed by atoms with Crippen molar-refractivity contribution in [2.24, 2.45) is 0 Å². The van der Waals surface area contributed by atoms with E-state index in [0.29, 0.717) is 4.90 Å². The van der Waals surface area contributed by atoms with Crippen molar-refractivity contribution in [1.82, 2.24) is 9.62 Å². The third-order valence-electron chi connectivity index (χ3n) is 2.69. The lowest BCUT2D eigenvalue weighted by atomic mass is 10.3. The molecule has 0 aliphatic rings. The zero-order valence-electron chi connectivity index (χ0n) is 11.8. The van der Waals surface area contributed by atoms with Crippen molar-refractivity contribution in [2.75, 3.05) is 39.0 Å². The third kappa shape index (κ3) is 4.81. The minimum absolute atomic E-state index is 0.312. The van der Waals surface area contributed by atoms with Crippen LogP contribution in [0.1, 0.15) is 13.3 Å². The molecule has 0 radical (unpaired) electrons. The molecule has 6 heteroatoms. The van der Waals surface area contributed by atoms with Crippen LogP contribution >= 0.6 is 0 Å². The number of hydrogen-bond acceptors (Lipinski definition) is 4. The van der Waals surface area contributed by atoms with Crippen LogP contribution < -0.4 is 10.6 Å². The van der Waals surface area contributed by atoms with Crippen LogP contribution in [0.5, 0.6) is 0 Å². The molecule has 5 nitrogen and oxygen atoms in total. The predicted molar refractivity (Wildman–Crippen MR) is 79.0 cm³/mol. The molecule has 108 valence electrons. The lowest BCUT2D eigenvalue weighted by Crippen LogP contribution is -2.23. The maximum Gasteiger partial charge on any atom is 0.242 e. The van der Waals surface area contributed by atoms with Gasteiger partial charge >= 0.3 is 0 Å². The van der Waals surface area contributed by atoms with Gasteiger partial charge in [-0.25, -0.2) is 12.7 Å². The number of nitrogens with one attached hydrogen (secondary N) is 2. The monoisotopic (exact) mass is 285 g/mol. The largest absolute Gasteiger partial charge is 0.384 e. The van der Waals surface area contributed by atoms with Crippen molar-refractivity contribution in [2.45, 2.75) is 18.2 Å². The van der Waals surface area contributed by atoms with Gasteiger partial charge in [0.05, 0.1) is 4.90 Å². The van der Waals surface area contributed by atoms with Gasteiger partial charge in [0, 0.05) is 32.9 Å². The van der Waals surface area contributed by atoms with Gasteiger partial charge in [0.2, 0.25) is 10.0 Å². The highest BCUT2D eigenvalue weighted by Crippen LogP contribution is 2.16. The number of rotatable bonds is 8. The molecule has 0 saturated carbocycles. The Balaban J connectivity index is 2.53. The summed E-state index contributed by atoms with van der Waals surface area (Å²) < 4.78 is 25.0. The Morgan fingerprint density at radius 1 is 1.05 bits per heavy atom. The molecule has 1 rings (SSSR count). The van der Waals surface area contributed by atoms with E-state index < -0.39 is 10.0 Å². The Hall–Kier alpha value is -1.11. The van der Waals surface area contributed by atoms with Crippen LogP contribution in [0.4, 0.5) is 5.69 Å². The van der Waals surface area contributed by atoms with E-state index in [-0.39, 0.29) is 0 Å². The molecule has 0 heterocycles. The van der Waals surface area contributed by atoms with Crippen LogP contribution in [-0.4, -0.2) is 46.5 Å². The van der Waals surface area contributed by atoms with Crippen LogP contribution in [-0.2, 0) is 10.0 Å². The van der Waals surface area contributed by atoms with E-state index in [9.17, 15) is 8.42 Å². The van der Waals surface area contributed by atoms with Crippen molar-refractivity contribution in [3.8, 4) is 0 Å². The maximum absolute atomic E-state index is 11.9. The van der Waals surface area contributed by atoms with Crippen LogP contribution in [0.15, 0.2) is 29.2 Å². The van der Waals surface area contributed by atoms with Gasteiger partial charge < -0.3 is 10.6 Å². The van der Waals surface area contributed by atoms with Gasteiger partial charge in [0.15, 0.2) is 0 Å². The SMILES string of the molecule is CCCNCCNc1ccc(S(=O)(=O)N(C)C)cc1. The first-order valence-electron chi connectivity index (χ1n) is 6.45. The van der Waals surface area contributed by atoms with Gasteiger partial charge in [-0.1, -0.05) is 6.92 Å². The van der Waals surface area contributed by atoms with Gasteiger partial charge in [-0.15, -0.1) is 0 Å². The molecule has 1 aromatic rings. The van der Waals surface area contributed by atoms with Crippen LogP contribution in [0.25, 0.3) is 0 Å². The number of sulfonamides is 1. The highest BCUT2D eigenvalue weighted by Gasteiger charge is 2.16. The highest BCUT2D eigenvalue weighted by molar-refractivity contribution is 7.89. The van der Waals surface area contributed by atoms with Gasteiger partial charge in [0.25, 0.3) is 0 Å². The van der Waals surface area contributed by atoms with Gasteiger partial charge in [-0.05, 0) is 37.2 Å². The maximum atomic E-state index is 11.9. The first kappa shape index (κ1) is 15.9. The smallest absolute Gasteiger partial charge is 0.242 e. The van der Waals surface area contributed by atoms with Gasteiger partial charge in [-0.2, -0.15) is 0 Å². The molecule has 0 saturated heterocycles. The second-order valence-electron chi connectivity index (χ2n) is 4.49. The van der Waals surface area contributed by atoms with E-state index >= 15 is 0 Å². The zero-order chi connectivity index (χ0) is 14.3. The summed E-state index contributed by atoms with van der Waals surface area (Å²) in [6, 6.07) is 6.82. The molecule has 0 bridgehead atoms. The second-order valence-corrected chi connectivity index (χ2v) is 6.64. The fourth-order valence-electron chi connectivity index (χ4n) is 1.55. The van der Waals surface area contributed by atoms with E-state index in [1.807, 2.05) is 0 Å². The Morgan fingerprint density at radius 2 is 1.68 bits per heavy atom. The predicted octanol–water partition coefficient (Wildman–Crippen LogP) is 1.35. The summed E-state index contributed by atoms with van der Waals surface area (Å²) in [5.74, 6) is 0. The Kier molecular flexibility index (Phi) is 6.27. The molecule has 0 amide bonds. The summed E-state index contributed by atoms with van der Waals surface area (Å²) in [7, 11) is -0.276. The summed E-state index contributed by atoms with van der Waals surface area (Å²) in [5, 5.41) is 6.53. The first-order valence-corrected chi connectivity index (χ1v) is 7.89. The van der Waals surface area contributed by atoms with Crippen molar-refractivity contribution in [1.29, 1.82) is 0 Å². The molecular formula is C13H23N3O2S. The minimum Gasteiger partial charge on any atom is -0.384 e. The van der Waals surface area contributed by atoms with Gasteiger partial charge in [0.1, 0.15) is 0 Å². The lowest BCUT2D eigenvalue weighted by Gasteiger charge is -2.12. The Morgan fingerprint density at radius 3 is 2.21 bits per heavy atom. The lowest BCUT2D eigenvalue weighted by molar-refractivity contribution is 0.521. The summed E-state index contributed by atoms with van der Waals surface area (Å²) in [4.78, 5) is 0.312. The van der Waals surface area contributed by atoms with Gasteiger partial charge in [-0.3, -0.25) is 0 Å². The normalized spacial score (nSPS) is 11.8. The molecule has 0 aliphatic heterocycles. The number of anilines is 1. The molecule has 0 spiro atoms. The van der Waals surface area contributed by atoms with Crippen LogP contribution in [0, 0.1) is 0 Å². The van der Waals surface area contributed by atoms with E-state index in [4.69, 9.17) is 0 Å². The average molecular weight is 285 g/mol. The first-order chi connectivity index (χ1) is 8.98. The van der Waals surface area contributed by atoms with E-state index in [1.165, 1.54) is 18.4 Å². The second kappa shape index (κ2) is 7.47. The summed E-state index contributed by atoms with van der Waals surface area (Å²) >= 11 is 0. The molecule has 2 N–H and O–H groups in total. The summed E-state index contributed by atoms with van der Waals surface area (Å²) in [6.07, 6.45) is 1.12. The molecule has 1 aromatic carbocycles. The fourth-order valence-corrected chi connectivity index (χ4v) is 2.45. The van der Waals surface area contributed by atoms with Crippen molar-refractivity contribution < 1.29 is 8.42 Å². The van der Waals surface area contributed by atoms with E-state index in [2.05, 4.69) is 17.6 Å². The van der Waals surface area contributed by atoms with E-state index in [0.717, 1.165) is 31.7 Å². The van der Waals surface area contributed by atoms with Crippen LogP contribution in [0.3, 0.4) is 0 Å².